The summed E-state index contributed by atoms with van der Waals surface area (Å²) in [6.45, 7) is 1.72. The number of thiazole rings is 1. The van der Waals surface area contributed by atoms with E-state index in [2.05, 4.69) is 60.5 Å². The maximum absolute atomic E-state index is 12.9. The number of carbonyl (C=O) groups is 1. The van der Waals surface area contributed by atoms with E-state index in [-0.39, 0.29) is 11.9 Å². The van der Waals surface area contributed by atoms with E-state index in [9.17, 15) is 4.79 Å². The third kappa shape index (κ3) is 4.40. The Balaban J connectivity index is 1.22. The van der Waals surface area contributed by atoms with E-state index in [1.54, 1.807) is 0 Å². The molecule has 1 aliphatic rings. The molecule has 1 saturated heterocycles. The van der Waals surface area contributed by atoms with E-state index < -0.39 is 0 Å². The van der Waals surface area contributed by atoms with E-state index in [0.717, 1.165) is 31.5 Å². The van der Waals surface area contributed by atoms with Crippen LogP contribution in [-0.2, 0) is 13.0 Å². The molecule has 4 aromatic rings. The SMILES string of the molecule is O=C(Nc1nc([C@H]2CCCN2c2ccccc2)cs1)c1cccn1CCCc1nn[nH]n1. The normalized spacial score (nSPS) is 15.9. The first-order valence-corrected chi connectivity index (χ1v) is 11.6. The van der Waals surface area contributed by atoms with E-state index in [1.165, 1.54) is 17.0 Å². The molecule has 10 heteroatoms. The molecule has 32 heavy (non-hydrogen) atoms. The number of aryl methyl sites for hydroxylation is 2. The maximum atomic E-state index is 12.9. The molecule has 0 aliphatic carbocycles. The number of rotatable bonds is 8. The van der Waals surface area contributed by atoms with Crippen LogP contribution in [0, 0.1) is 0 Å². The molecule has 1 atom stereocenters. The molecule has 1 amide bonds. The predicted molar refractivity (Wildman–Crippen MR) is 123 cm³/mol. The van der Waals surface area contributed by atoms with Crippen molar-refractivity contribution >= 4 is 28.1 Å². The second kappa shape index (κ2) is 9.31. The highest BCUT2D eigenvalue weighted by molar-refractivity contribution is 7.14. The van der Waals surface area contributed by atoms with Gasteiger partial charge in [-0.3, -0.25) is 10.1 Å². The van der Waals surface area contributed by atoms with Crippen LogP contribution in [0.3, 0.4) is 0 Å². The van der Waals surface area contributed by atoms with Crippen molar-refractivity contribution in [1.82, 2.24) is 30.2 Å². The quantitative estimate of drug-likeness (QED) is 0.426. The number of aromatic nitrogens is 6. The molecule has 1 aliphatic heterocycles. The smallest absolute Gasteiger partial charge is 0.274 e. The van der Waals surface area contributed by atoms with E-state index >= 15 is 0 Å². The van der Waals surface area contributed by atoms with Crippen molar-refractivity contribution in [2.75, 3.05) is 16.8 Å². The Hall–Kier alpha value is -3.53. The number of hydrogen-bond donors (Lipinski definition) is 2. The Morgan fingerprint density at radius 3 is 2.97 bits per heavy atom. The fourth-order valence-corrected chi connectivity index (χ4v) is 4.92. The Kier molecular flexibility index (Phi) is 5.93. The zero-order chi connectivity index (χ0) is 21.8. The van der Waals surface area contributed by atoms with Crippen LogP contribution in [0.2, 0.25) is 0 Å². The molecule has 2 N–H and O–H groups in total. The number of para-hydroxylation sites is 1. The molecule has 1 aromatic carbocycles. The summed E-state index contributed by atoms with van der Waals surface area (Å²) in [5, 5.41) is 19.6. The standard InChI is InChI=1S/C22H24N8OS/c31-21(19-10-4-12-29(19)13-6-11-20-25-27-28-26-20)24-22-23-17(15-32-22)18-9-5-14-30(18)16-7-2-1-3-8-16/h1-4,7-8,10,12,15,18H,5-6,9,11,13-14H2,(H,23,24,31)(H,25,26,27,28)/t18-/m1/s1. The highest BCUT2D eigenvalue weighted by Gasteiger charge is 2.28. The van der Waals surface area contributed by atoms with Gasteiger partial charge in [0.15, 0.2) is 11.0 Å². The molecule has 3 aromatic heterocycles. The summed E-state index contributed by atoms with van der Waals surface area (Å²) in [7, 11) is 0. The number of amides is 1. The van der Waals surface area contributed by atoms with Crippen molar-refractivity contribution in [2.24, 2.45) is 0 Å². The Morgan fingerprint density at radius 2 is 2.12 bits per heavy atom. The van der Waals surface area contributed by atoms with Crippen molar-refractivity contribution in [3.63, 3.8) is 0 Å². The van der Waals surface area contributed by atoms with Crippen molar-refractivity contribution in [1.29, 1.82) is 0 Å². The molecular weight excluding hydrogens is 424 g/mol. The van der Waals surface area contributed by atoms with Gasteiger partial charge in [-0.15, -0.1) is 21.5 Å². The van der Waals surface area contributed by atoms with Gasteiger partial charge in [0.25, 0.3) is 5.91 Å². The molecule has 4 heterocycles. The fourth-order valence-electron chi connectivity index (χ4n) is 4.17. The Labute approximate surface area is 189 Å². The van der Waals surface area contributed by atoms with Crippen molar-refractivity contribution in [2.45, 2.75) is 38.3 Å². The first kappa shape index (κ1) is 20.4. The molecule has 164 valence electrons. The zero-order valence-corrected chi connectivity index (χ0v) is 18.3. The van der Waals surface area contributed by atoms with Crippen molar-refractivity contribution < 1.29 is 4.79 Å². The number of nitrogens with zero attached hydrogens (tertiary/aromatic N) is 6. The molecule has 0 spiro atoms. The van der Waals surface area contributed by atoms with Gasteiger partial charge in [0.2, 0.25) is 0 Å². The van der Waals surface area contributed by atoms with E-state index in [1.807, 2.05) is 29.0 Å². The summed E-state index contributed by atoms with van der Waals surface area (Å²) in [5.41, 5.74) is 2.84. The lowest BCUT2D eigenvalue weighted by atomic mass is 10.1. The van der Waals surface area contributed by atoms with Gasteiger partial charge in [0, 0.05) is 36.8 Å². The van der Waals surface area contributed by atoms with Gasteiger partial charge in [-0.05, 0) is 43.5 Å². The molecule has 9 nitrogen and oxygen atoms in total. The lowest BCUT2D eigenvalue weighted by molar-refractivity contribution is 0.101. The third-order valence-corrected chi connectivity index (χ3v) is 6.45. The largest absolute Gasteiger partial charge is 0.363 e. The van der Waals surface area contributed by atoms with Crippen LogP contribution in [0.5, 0.6) is 0 Å². The van der Waals surface area contributed by atoms with Crippen LogP contribution >= 0.6 is 11.3 Å². The van der Waals surface area contributed by atoms with Crippen LogP contribution in [0.25, 0.3) is 0 Å². The lowest BCUT2D eigenvalue weighted by Crippen LogP contribution is -2.22. The third-order valence-electron chi connectivity index (χ3n) is 5.68. The van der Waals surface area contributed by atoms with Gasteiger partial charge in [0.05, 0.1) is 11.7 Å². The maximum Gasteiger partial charge on any atom is 0.274 e. The Bertz CT molecular complexity index is 1150. The van der Waals surface area contributed by atoms with E-state index in [0.29, 0.717) is 29.6 Å². The number of tetrazole rings is 1. The molecular formula is C22H24N8OS. The molecule has 0 unspecified atom stereocenters. The number of benzene rings is 1. The minimum atomic E-state index is -0.151. The molecule has 5 rings (SSSR count). The van der Waals surface area contributed by atoms with Crippen molar-refractivity contribution in [3.05, 3.63) is 71.3 Å². The average Bonchev–Trinajstić information content (AvgIpc) is 3.61. The van der Waals surface area contributed by atoms with E-state index in [4.69, 9.17) is 4.98 Å². The first-order valence-electron chi connectivity index (χ1n) is 10.7. The highest BCUT2D eigenvalue weighted by Crippen LogP contribution is 2.37. The topological polar surface area (TPSA) is 105 Å². The Morgan fingerprint density at radius 1 is 1.22 bits per heavy atom. The van der Waals surface area contributed by atoms with Gasteiger partial charge in [0.1, 0.15) is 5.69 Å². The summed E-state index contributed by atoms with van der Waals surface area (Å²) in [6.07, 6.45) is 5.62. The van der Waals surface area contributed by atoms with Gasteiger partial charge in [-0.25, -0.2) is 4.98 Å². The van der Waals surface area contributed by atoms with Gasteiger partial charge >= 0.3 is 0 Å². The number of hydrogen-bond acceptors (Lipinski definition) is 7. The minimum Gasteiger partial charge on any atom is -0.363 e. The summed E-state index contributed by atoms with van der Waals surface area (Å²) >= 11 is 1.48. The highest BCUT2D eigenvalue weighted by atomic mass is 32.1. The zero-order valence-electron chi connectivity index (χ0n) is 17.5. The second-order valence-corrected chi connectivity index (χ2v) is 8.60. The lowest BCUT2D eigenvalue weighted by Gasteiger charge is -2.25. The van der Waals surface area contributed by atoms with Crippen LogP contribution in [0.4, 0.5) is 10.8 Å². The van der Waals surface area contributed by atoms with Crippen molar-refractivity contribution in [3.8, 4) is 0 Å². The second-order valence-electron chi connectivity index (χ2n) is 7.74. The number of nitrogens with one attached hydrogen (secondary N) is 2. The predicted octanol–water partition coefficient (Wildman–Crippen LogP) is 3.68. The van der Waals surface area contributed by atoms with Gasteiger partial charge < -0.3 is 9.47 Å². The molecule has 1 fully saturated rings. The molecule has 0 bridgehead atoms. The number of anilines is 2. The number of carbonyl (C=O) groups excluding carboxylic acids is 1. The fraction of sp³-hybridized carbons (Fsp3) is 0.318. The number of H-pyrrole nitrogens is 1. The van der Waals surface area contributed by atoms with Crippen LogP contribution < -0.4 is 10.2 Å². The van der Waals surface area contributed by atoms with Gasteiger partial charge in [-0.1, -0.05) is 23.4 Å². The monoisotopic (exact) mass is 448 g/mol. The summed E-state index contributed by atoms with van der Waals surface area (Å²) in [5.74, 6) is 0.525. The summed E-state index contributed by atoms with van der Waals surface area (Å²) in [6, 6.07) is 14.4. The minimum absolute atomic E-state index is 0.151. The first-order chi connectivity index (χ1) is 15.8. The molecule has 0 saturated carbocycles. The summed E-state index contributed by atoms with van der Waals surface area (Å²) < 4.78 is 1.94. The number of aromatic amines is 1. The van der Waals surface area contributed by atoms with Crippen LogP contribution in [-0.4, -0.2) is 42.6 Å². The van der Waals surface area contributed by atoms with Crippen LogP contribution in [0.1, 0.15) is 47.3 Å². The molecule has 0 radical (unpaired) electrons. The van der Waals surface area contributed by atoms with Gasteiger partial charge in [-0.2, -0.15) is 5.21 Å². The summed E-state index contributed by atoms with van der Waals surface area (Å²) in [4.78, 5) is 20.0. The van der Waals surface area contributed by atoms with Crippen LogP contribution in [0.15, 0.2) is 54.0 Å². The average molecular weight is 449 g/mol.